The van der Waals surface area contributed by atoms with Crippen LogP contribution in [0.3, 0.4) is 0 Å². The highest BCUT2D eigenvalue weighted by atomic mass is 19.4. The van der Waals surface area contributed by atoms with Gasteiger partial charge >= 0.3 is 6.18 Å². The molecule has 0 atom stereocenters. The molecule has 1 aromatic carbocycles. The lowest BCUT2D eigenvalue weighted by Gasteiger charge is -2.41. The van der Waals surface area contributed by atoms with Crippen molar-refractivity contribution in [1.29, 1.82) is 0 Å². The molecule has 0 N–H and O–H groups in total. The van der Waals surface area contributed by atoms with Crippen molar-refractivity contribution in [2.45, 2.75) is 102 Å². The quantitative estimate of drug-likeness (QED) is 0.248. The van der Waals surface area contributed by atoms with Crippen molar-refractivity contribution in [3.8, 4) is 0 Å². The van der Waals surface area contributed by atoms with Crippen molar-refractivity contribution in [3.05, 3.63) is 47.0 Å². The molecule has 1 aromatic rings. The minimum atomic E-state index is -4.72. The second-order valence-electron chi connectivity index (χ2n) is 11.4. The van der Waals surface area contributed by atoms with Gasteiger partial charge in [0.15, 0.2) is 5.83 Å². The predicted octanol–water partition coefficient (Wildman–Crippen LogP) is 9.04. The van der Waals surface area contributed by atoms with E-state index in [1.807, 2.05) is 6.07 Å². The summed E-state index contributed by atoms with van der Waals surface area (Å²) >= 11 is 0. The summed E-state index contributed by atoms with van der Waals surface area (Å²) in [6.07, 6.45) is 6.45. The molecule has 3 fully saturated rings. The van der Waals surface area contributed by atoms with Gasteiger partial charge in [0.05, 0.1) is 19.3 Å². The number of unbranched alkanes of at least 4 members (excludes halogenated alkanes) is 2. The van der Waals surface area contributed by atoms with Gasteiger partial charge in [-0.25, -0.2) is 8.78 Å². The Balaban J connectivity index is 1.19. The third-order valence-corrected chi connectivity index (χ3v) is 8.95. The molecule has 1 heterocycles. The van der Waals surface area contributed by atoms with Crippen molar-refractivity contribution < 1.29 is 31.4 Å². The molecule has 4 rings (SSSR count). The van der Waals surface area contributed by atoms with E-state index in [2.05, 4.69) is 13.0 Å². The van der Waals surface area contributed by atoms with Crippen LogP contribution in [0.1, 0.15) is 94.6 Å². The number of alkyl halides is 3. The monoisotopic (exact) mass is 528 g/mol. The van der Waals surface area contributed by atoms with E-state index in [1.165, 1.54) is 12.8 Å². The van der Waals surface area contributed by atoms with E-state index >= 15 is 0 Å². The smallest absolute Gasteiger partial charge is 0.346 e. The number of hydrogen-bond acceptors (Lipinski definition) is 2. The molecule has 0 unspecified atom stereocenters. The summed E-state index contributed by atoms with van der Waals surface area (Å²) in [6.45, 7) is 2.64. The molecule has 2 saturated carbocycles. The topological polar surface area (TPSA) is 18.5 Å². The Hall–Kier alpha value is -1.47. The number of halogens is 5. The molecule has 1 aliphatic heterocycles. The Morgan fingerprint density at radius 1 is 0.865 bits per heavy atom. The Morgan fingerprint density at radius 3 is 1.97 bits per heavy atom. The third kappa shape index (κ3) is 8.01. The predicted molar refractivity (Wildman–Crippen MR) is 134 cm³/mol. The molecule has 1 saturated heterocycles. The molecule has 0 amide bonds. The first-order valence-corrected chi connectivity index (χ1v) is 14.2. The van der Waals surface area contributed by atoms with Gasteiger partial charge in [-0.3, -0.25) is 0 Å². The highest BCUT2D eigenvalue weighted by Gasteiger charge is 2.37. The van der Waals surface area contributed by atoms with Gasteiger partial charge in [-0.05, 0) is 105 Å². The summed E-state index contributed by atoms with van der Waals surface area (Å²) in [5, 5.41) is 0. The molecule has 208 valence electrons. The van der Waals surface area contributed by atoms with Crippen molar-refractivity contribution in [2.75, 3.05) is 13.2 Å². The molecule has 0 aromatic heterocycles. The van der Waals surface area contributed by atoms with Crippen molar-refractivity contribution in [1.82, 2.24) is 0 Å². The first-order chi connectivity index (χ1) is 17.7. The fraction of sp³-hybridized carbons (Fsp3) is 0.733. The van der Waals surface area contributed by atoms with Crippen molar-refractivity contribution in [3.63, 3.8) is 0 Å². The van der Waals surface area contributed by atoms with Crippen LogP contribution in [0.4, 0.5) is 22.0 Å². The largest absolute Gasteiger partial charge is 0.412 e. The Kier molecular flexibility index (Phi) is 10.1. The molecule has 2 nitrogen and oxygen atoms in total. The zero-order valence-electron chi connectivity index (χ0n) is 21.9. The van der Waals surface area contributed by atoms with Gasteiger partial charge in [-0.2, -0.15) is 13.2 Å². The van der Waals surface area contributed by atoms with E-state index in [0.717, 1.165) is 75.3 Å². The number of aryl methyl sites for hydroxylation is 1. The number of allylic oxidation sites excluding steroid dienone is 1. The van der Waals surface area contributed by atoms with Gasteiger partial charge in [-0.1, -0.05) is 31.9 Å². The first-order valence-electron chi connectivity index (χ1n) is 14.2. The maximum atomic E-state index is 14.9. The molecular weight excluding hydrogens is 487 g/mol. The van der Waals surface area contributed by atoms with Crippen LogP contribution in [0, 0.1) is 29.5 Å². The van der Waals surface area contributed by atoms with E-state index in [4.69, 9.17) is 9.47 Å². The Morgan fingerprint density at radius 2 is 1.43 bits per heavy atom. The summed E-state index contributed by atoms with van der Waals surface area (Å²) in [5.41, 5.74) is 1.99. The fourth-order valence-electron chi connectivity index (χ4n) is 6.80. The molecule has 0 bridgehead atoms. The number of rotatable bonds is 8. The van der Waals surface area contributed by atoms with Crippen molar-refractivity contribution in [2.24, 2.45) is 23.7 Å². The zero-order valence-corrected chi connectivity index (χ0v) is 21.9. The highest BCUT2D eigenvalue weighted by Crippen LogP contribution is 2.46. The average Bonchev–Trinajstić information content (AvgIpc) is 2.88. The minimum Gasteiger partial charge on any atom is -0.346 e. The maximum absolute atomic E-state index is 14.9. The highest BCUT2D eigenvalue weighted by molar-refractivity contribution is 5.28. The molecule has 0 radical (unpaired) electrons. The average molecular weight is 529 g/mol. The molecule has 0 spiro atoms. The van der Waals surface area contributed by atoms with E-state index in [0.29, 0.717) is 23.7 Å². The van der Waals surface area contributed by atoms with Crippen molar-refractivity contribution >= 4 is 0 Å². The Bertz CT molecular complexity index is 874. The summed E-state index contributed by atoms with van der Waals surface area (Å²) in [5.74, 6) is 0.701. The lowest BCUT2D eigenvalue weighted by molar-refractivity contribution is -0.200. The van der Waals surface area contributed by atoms with E-state index in [9.17, 15) is 22.0 Å². The number of benzene rings is 1. The van der Waals surface area contributed by atoms with Gasteiger partial charge in [0.2, 0.25) is 6.29 Å². The third-order valence-electron chi connectivity index (χ3n) is 8.95. The number of ether oxygens (including phenoxy) is 2. The van der Waals surface area contributed by atoms with Crippen LogP contribution >= 0.6 is 0 Å². The van der Waals surface area contributed by atoms with Gasteiger partial charge in [0, 0.05) is 5.92 Å². The van der Waals surface area contributed by atoms with Gasteiger partial charge in [0.25, 0.3) is 0 Å². The fourth-order valence-corrected chi connectivity index (χ4v) is 6.80. The molecule has 7 heteroatoms. The lowest BCUT2D eigenvalue weighted by atomic mass is 9.67. The minimum absolute atomic E-state index is 0.0362. The summed E-state index contributed by atoms with van der Waals surface area (Å²) < 4.78 is 76.2. The normalized spacial score (nSPS) is 31.9. The summed E-state index contributed by atoms with van der Waals surface area (Å²) in [4.78, 5) is 0. The summed E-state index contributed by atoms with van der Waals surface area (Å²) in [6, 6.07) is 5.89. The van der Waals surface area contributed by atoms with Crippen LogP contribution in [-0.2, 0) is 15.9 Å². The maximum Gasteiger partial charge on any atom is 0.412 e. The SMILES string of the molecule is CCCCCc1ccc(C2CCC(C3CCC(C4COC(C(F)=CC(F)(F)F)OC4)CC3)CC2)c(F)c1. The molecule has 37 heavy (non-hydrogen) atoms. The van der Waals surface area contributed by atoms with Gasteiger partial charge in [-0.15, -0.1) is 0 Å². The van der Waals surface area contributed by atoms with Crippen LogP contribution in [-0.4, -0.2) is 25.7 Å². The van der Waals surface area contributed by atoms with Gasteiger partial charge < -0.3 is 9.47 Å². The van der Waals surface area contributed by atoms with Crippen LogP contribution < -0.4 is 0 Å². The first kappa shape index (κ1) is 28.5. The second-order valence-corrected chi connectivity index (χ2v) is 11.4. The van der Waals surface area contributed by atoms with Gasteiger partial charge in [0.1, 0.15) is 5.82 Å². The number of hydrogen-bond donors (Lipinski definition) is 0. The molecule has 2 aliphatic carbocycles. The van der Waals surface area contributed by atoms with E-state index < -0.39 is 24.4 Å². The zero-order chi connectivity index (χ0) is 26.4. The van der Waals surface area contributed by atoms with Crippen LogP contribution in [0.25, 0.3) is 0 Å². The van der Waals surface area contributed by atoms with E-state index in [1.54, 1.807) is 6.07 Å². The molecular formula is C30H41F5O2. The Labute approximate surface area is 218 Å². The lowest BCUT2D eigenvalue weighted by Crippen LogP contribution is -2.38. The van der Waals surface area contributed by atoms with Crippen LogP contribution in [0.15, 0.2) is 30.1 Å². The van der Waals surface area contributed by atoms with E-state index in [-0.39, 0.29) is 24.9 Å². The standard InChI is InChI=1S/C30H41F5O2/c1-2-3-4-5-20-6-15-26(27(31)16-20)24-13-11-22(12-14-24)21-7-9-23(10-8-21)25-18-36-29(37-19-25)28(32)17-30(33,34)35/h6,15-17,21-25,29H,2-5,7-14,18-19H2,1H3. The molecule has 3 aliphatic rings. The summed E-state index contributed by atoms with van der Waals surface area (Å²) in [7, 11) is 0. The van der Waals surface area contributed by atoms with Crippen LogP contribution in [0.2, 0.25) is 0 Å². The van der Waals surface area contributed by atoms with Crippen LogP contribution in [0.5, 0.6) is 0 Å². The second kappa shape index (κ2) is 13.1.